The van der Waals surface area contributed by atoms with Gasteiger partial charge in [0.2, 0.25) is 12.3 Å². The Bertz CT molecular complexity index is 285. The van der Waals surface area contributed by atoms with Crippen LogP contribution in [0.25, 0.3) is 0 Å². The summed E-state index contributed by atoms with van der Waals surface area (Å²) in [5.41, 5.74) is 3.07. The first-order chi connectivity index (χ1) is 8.24. The number of rotatable bonds is 5. The molecular formula is C11H20N4O2. The van der Waals surface area contributed by atoms with Gasteiger partial charge < -0.3 is 9.80 Å². The van der Waals surface area contributed by atoms with Crippen LogP contribution in [0.3, 0.4) is 0 Å². The molecule has 0 unspecified atom stereocenters. The summed E-state index contributed by atoms with van der Waals surface area (Å²) in [5, 5.41) is 2.01. The lowest BCUT2D eigenvalue weighted by molar-refractivity contribution is -0.137. The number of hydrazine groups is 1. The van der Waals surface area contributed by atoms with Crippen molar-refractivity contribution in [1.82, 2.24) is 20.2 Å². The van der Waals surface area contributed by atoms with Gasteiger partial charge >= 0.3 is 0 Å². The Morgan fingerprint density at radius 2 is 2.00 bits per heavy atom. The molecule has 1 aliphatic heterocycles. The minimum Gasteiger partial charge on any atom is -0.342 e. The summed E-state index contributed by atoms with van der Waals surface area (Å²) in [6.07, 6.45) is 3.20. The maximum absolute atomic E-state index is 12.0. The second-order valence-electron chi connectivity index (χ2n) is 4.60. The van der Waals surface area contributed by atoms with E-state index in [0.717, 1.165) is 6.41 Å². The SMILES string of the molecule is CNN(CC(=O)N1CCN(C=O)CC1)C1CC1. The zero-order chi connectivity index (χ0) is 12.3. The molecule has 1 aliphatic carbocycles. The molecule has 0 spiro atoms. The molecule has 1 saturated heterocycles. The van der Waals surface area contributed by atoms with Gasteiger partial charge in [0.25, 0.3) is 0 Å². The number of piperazine rings is 1. The molecule has 1 saturated carbocycles. The van der Waals surface area contributed by atoms with E-state index in [2.05, 4.69) is 5.43 Å². The standard InChI is InChI=1S/C11H20N4O2/c1-12-15(10-2-3-10)8-11(17)14-6-4-13(9-16)5-7-14/h9-10,12H,2-8H2,1H3. The average Bonchev–Trinajstić information content (AvgIpc) is 3.20. The number of carbonyl (C=O) groups is 2. The molecule has 0 aromatic carbocycles. The van der Waals surface area contributed by atoms with Crippen molar-refractivity contribution in [1.29, 1.82) is 0 Å². The fraction of sp³-hybridized carbons (Fsp3) is 0.818. The lowest BCUT2D eigenvalue weighted by Gasteiger charge is -2.34. The molecule has 0 radical (unpaired) electrons. The van der Waals surface area contributed by atoms with Crippen LogP contribution in [0.5, 0.6) is 0 Å². The quantitative estimate of drug-likeness (QED) is 0.489. The summed E-state index contributed by atoms with van der Waals surface area (Å²) in [5.74, 6) is 0.150. The molecule has 6 nitrogen and oxygen atoms in total. The fourth-order valence-electron chi connectivity index (χ4n) is 2.10. The second kappa shape index (κ2) is 5.46. The zero-order valence-electron chi connectivity index (χ0n) is 10.3. The monoisotopic (exact) mass is 240 g/mol. The van der Waals surface area contributed by atoms with Gasteiger partial charge in [-0.05, 0) is 19.9 Å². The number of carbonyl (C=O) groups excluding carboxylic acids is 2. The molecule has 96 valence electrons. The largest absolute Gasteiger partial charge is 0.342 e. The highest BCUT2D eigenvalue weighted by Crippen LogP contribution is 2.24. The van der Waals surface area contributed by atoms with E-state index in [1.165, 1.54) is 12.8 Å². The third-order valence-electron chi connectivity index (χ3n) is 3.40. The average molecular weight is 240 g/mol. The highest BCUT2D eigenvalue weighted by Gasteiger charge is 2.31. The first kappa shape index (κ1) is 12.3. The van der Waals surface area contributed by atoms with Crippen LogP contribution in [0.2, 0.25) is 0 Å². The summed E-state index contributed by atoms with van der Waals surface area (Å²) in [7, 11) is 1.86. The van der Waals surface area contributed by atoms with E-state index in [0.29, 0.717) is 38.8 Å². The molecule has 1 heterocycles. The predicted octanol–water partition coefficient (Wildman–Crippen LogP) is -1.11. The third-order valence-corrected chi connectivity index (χ3v) is 3.40. The Morgan fingerprint density at radius 1 is 1.35 bits per heavy atom. The van der Waals surface area contributed by atoms with Crippen LogP contribution >= 0.6 is 0 Å². The highest BCUT2D eigenvalue weighted by atomic mass is 16.2. The van der Waals surface area contributed by atoms with E-state index >= 15 is 0 Å². The van der Waals surface area contributed by atoms with Crippen molar-refractivity contribution < 1.29 is 9.59 Å². The van der Waals surface area contributed by atoms with Crippen molar-refractivity contribution in [2.24, 2.45) is 0 Å². The van der Waals surface area contributed by atoms with Gasteiger partial charge in [0.15, 0.2) is 0 Å². The van der Waals surface area contributed by atoms with E-state index < -0.39 is 0 Å². The minimum absolute atomic E-state index is 0.150. The van der Waals surface area contributed by atoms with Gasteiger partial charge in [0.05, 0.1) is 6.54 Å². The van der Waals surface area contributed by atoms with Gasteiger partial charge in [-0.25, -0.2) is 5.01 Å². The van der Waals surface area contributed by atoms with Crippen LogP contribution < -0.4 is 5.43 Å². The van der Waals surface area contributed by atoms with Crippen molar-refractivity contribution in [3.8, 4) is 0 Å². The Hall–Kier alpha value is -1.14. The van der Waals surface area contributed by atoms with E-state index in [-0.39, 0.29) is 5.91 Å². The molecule has 17 heavy (non-hydrogen) atoms. The summed E-state index contributed by atoms with van der Waals surface area (Å²) < 4.78 is 0. The minimum atomic E-state index is 0.150. The van der Waals surface area contributed by atoms with E-state index in [1.54, 1.807) is 4.90 Å². The molecule has 0 atom stereocenters. The summed E-state index contributed by atoms with van der Waals surface area (Å²) >= 11 is 0. The molecule has 2 aliphatic rings. The van der Waals surface area contributed by atoms with Gasteiger partial charge in [-0.15, -0.1) is 0 Å². The first-order valence-electron chi connectivity index (χ1n) is 6.15. The van der Waals surface area contributed by atoms with Crippen LogP contribution in [-0.4, -0.2) is 72.9 Å². The van der Waals surface area contributed by atoms with Crippen LogP contribution in [0.15, 0.2) is 0 Å². The summed E-state index contributed by atoms with van der Waals surface area (Å²) in [6, 6.07) is 0.528. The van der Waals surface area contributed by atoms with Crippen molar-refractivity contribution >= 4 is 12.3 Å². The van der Waals surface area contributed by atoms with Crippen molar-refractivity contribution in [3.63, 3.8) is 0 Å². The maximum atomic E-state index is 12.0. The number of nitrogens with one attached hydrogen (secondary N) is 1. The third kappa shape index (κ3) is 3.17. The molecule has 6 heteroatoms. The molecule has 1 N–H and O–H groups in total. The summed E-state index contributed by atoms with van der Waals surface area (Å²) in [4.78, 5) is 26.1. The Labute approximate surface area is 101 Å². The van der Waals surface area contributed by atoms with E-state index in [9.17, 15) is 9.59 Å². The van der Waals surface area contributed by atoms with E-state index in [1.807, 2.05) is 17.0 Å². The number of amides is 2. The van der Waals surface area contributed by atoms with Crippen molar-refractivity contribution in [3.05, 3.63) is 0 Å². The van der Waals surface area contributed by atoms with Crippen molar-refractivity contribution in [2.45, 2.75) is 18.9 Å². The van der Waals surface area contributed by atoms with E-state index in [4.69, 9.17) is 0 Å². The second-order valence-corrected chi connectivity index (χ2v) is 4.60. The number of hydrogen-bond acceptors (Lipinski definition) is 4. The Balaban J connectivity index is 1.77. The Morgan fingerprint density at radius 3 is 2.47 bits per heavy atom. The zero-order valence-corrected chi connectivity index (χ0v) is 10.3. The number of nitrogens with zero attached hydrogens (tertiary/aromatic N) is 3. The van der Waals surface area contributed by atoms with Crippen LogP contribution in [0, 0.1) is 0 Å². The lowest BCUT2D eigenvalue weighted by atomic mass is 10.3. The first-order valence-corrected chi connectivity index (χ1v) is 6.15. The number of hydrogen-bond donors (Lipinski definition) is 1. The molecule has 0 aromatic heterocycles. The molecule has 0 aromatic rings. The highest BCUT2D eigenvalue weighted by molar-refractivity contribution is 5.78. The van der Waals surface area contributed by atoms with Crippen LogP contribution in [0.4, 0.5) is 0 Å². The van der Waals surface area contributed by atoms with Crippen LogP contribution in [0.1, 0.15) is 12.8 Å². The maximum Gasteiger partial charge on any atom is 0.238 e. The lowest BCUT2D eigenvalue weighted by Crippen LogP contribution is -2.52. The molecule has 2 rings (SSSR count). The smallest absolute Gasteiger partial charge is 0.238 e. The molecule has 2 fully saturated rings. The topological polar surface area (TPSA) is 55.9 Å². The Kier molecular flexibility index (Phi) is 3.96. The predicted molar refractivity (Wildman–Crippen MR) is 63.0 cm³/mol. The van der Waals surface area contributed by atoms with Crippen LogP contribution in [-0.2, 0) is 9.59 Å². The van der Waals surface area contributed by atoms with Gasteiger partial charge in [0.1, 0.15) is 0 Å². The van der Waals surface area contributed by atoms with Gasteiger partial charge in [-0.1, -0.05) is 0 Å². The van der Waals surface area contributed by atoms with Crippen molar-refractivity contribution in [2.75, 3.05) is 39.8 Å². The molecule has 0 bridgehead atoms. The summed E-state index contributed by atoms with van der Waals surface area (Å²) in [6.45, 7) is 3.04. The fourth-order valence-corrected chi connectivity index (χ4v) is 2.10. The normalized spacial score (nSPS) is 20.8. The van der Waals surface area contributed by atoms with Gasteiger partial charge in [0, 0.05) is 32.2 Å². The molecule has 2 amide bonds. The van der Waals surface area contributed by atoms with Gasteiger partial charge in [-0.3, -0.25) is 15.0 Å². The molecular weight excluding hydrogens is 220 g/mol. The van der Waals surface area contributed by atoms with Gasteiger partial charge in [-0.2, -0.15) is 0 Å².